The number of aryl methyl sites for hydroxylation is 2. The summed E-state index contributed by atoms with van der Waals surface area (Å²) >= 11 is 2.91. The maximum Gasteiger partial charge on any atom is 0.265 e. The minimum absolute atomic E-state index is 0.236. The van der Waals surface area contributed by atoms with E-state index in [4.69, 9.17) is 10.7 Å². The highest BCUT2D eigenvalue weighted by Crippen LogP contribution is 2.35. The summed E-state index contributed by atoms with van der Waals surface area (Å²) in [5.41, 5.74) is 10.0. The number of nitrogens with one attached hydrogen (secondary N) is 2. The van der Waals surface area contributed by atoms with Crippen molar-refractivity contribution in [2.75, 3.05) is 16.4 Å². The number of nitrogens with zero attached hydrogens (tertiary/aromatic N) is 4. The molecule has 8 nitrogen and oxygen atoms in total. The number of thiophene rings is 1. The van der Waals surface area contributed by atoms with Gasteiger partial charge < -0.3 is 16.4 Å². The van der Waals surface area contributed by atoms with E-state index in [0.717, 1.165) is 37.7 Å². The van der Waals surface area contributed by atoms with Gasteiger partial charge in [-0.3, -0.25) is 9.20 Å². The number of carbonyl (C=O) groups excluding carboxylic acids is 1. The van der Waals surface area contributed by atoms with Gasteiger partial charge in [-0.1, -0.05) is 6.07 Å². The summed E-state index contributed by atoms with van der Waals surface area (Å²) < 4.78 is 2.05. The molecule has 1 amide bonds. The number of hydrogen-bond donors (Lipinski definition) is 3. The molecule has 32 heavy (non-hydrogen) atoms. The monoisotopic (exact) mass is 461 g/mol. The van der Waals surface area contributed by atoms with Crippen LogP contribution in [0.15, 0.2) is 54.9 Å². The molecule has 160 valence electrons. The van der Waals surface area contributed by atoms with Crippen LogP contribution >= 0.6 is 22.7 Å². The summed E-state index contributed by atoms with van der Waals surface area (Å²) in [4.78, 5) is 27.7. The lowest BCUT2D eigenvalue weighted by molar-refractivity contribution is 0.103. The molecule has 0 fully saturated rings. The molecular formula is C22H19N7OS2. The SMILES string of the molecule is Cc1nc2ccccn2c1-c1nc(Nc2ccc(C(=O)Nc3cccnc3N)s2)sc1C. The van der Waals surface area contributed by atoms with Gasteiger partial charge in [-0.25, -0.2) is 15.0 Å². The Morgan fingerprint density at radius 3 is 2.78 bits per heavy atom. The van der Waals surface area contributed by atoms with Gasteiger partial charge in [0.1, 0.15) is 17.2 Å². The zero-order valence-corrected chi connectivity index (χ0v) is 18.9. The van der Waals surface area contributed by atoms with E-state index in [1.807, 2.05) is 44.3 Å². The van der Waals surface area contributed by atoms with Gasteiger partial charge in [0.05, 0.1) is 27.0 Å². The Bertz CT molecular complexity index is 1450. The molecule has 0 atom stereocenters. The van der Waals surface area contributed by atoms with Gasteiger partial charge in [-0.05, 0) is 50.2 Å². The van der Waals surface area contributed by atoms with Gasteiger partial charge in [-0.15, -0.1) is 22.7 Å². The van der Waals surface area contributed by atoms with Crippen molar-refractivity contribution in [2.45, 2.75) is 13.8 Å². The molecule has 0 unspecified atom stereocenters. The lowest BCUT2D eigenvalue weighted by atomic mass is 10.2. The third-order valence-corrected chi connectivity index (χ3v) is 6.76. The molecule has 5 heterocycles. The summed E-state index contributed by atoms with van der Waals surface area (Å²) in [7, 11) is 0. The van der Waals surface area contributed by atoms with E-state index in [1.54, 1.807) is 35.7 Å². The predicted octanol–water partition coefficient (Wildman–Crippen LogP) is 5.11. The smallest absolute Gasteiger partial charge is 0.265 e. The zero-order valence-electron chi connectivity index (χ0n) is 17.3. The van der Waals surface area contributed by atoms with Crippen LogP contribution in [0.1, 0.15) is 20.2 Å². The number of carbonyl (C=O) groups is 1. The molecule has 10 heteroatoms. The van der Waals surface area contributed by atoms with Gasteiger partial charge >= 0.3 is 0 Å². The lowest BCUT2D eigenvalue weighted by Crippen LogP contribution is -2.12. The molecule has 0 saturated heterocycles. The van der Waals surface area contributed by atoms with Crippen LogP contribution in [-0.2, 0) is 0 Å². The highest BCUT2D eigenvalue weighted by atomic mass is 32.1. The molecule has 0 aromatic carbocycles. The van der Waals surface area contributed by atoms with Crippen LogP contribution in [-0.4, -0.2) is 25.3 Å². The Balaban J connectivity index is 1.37. The first-order valence-electron chi connectivity index (χ1n) is 9.80. The first-order valence-corrected chi connectivity index (χ1v) is 11.4. The largest absolute Gasteiger partial charge is 0.382 e. The molecular weight excluding hydrogens is 442 g/mol. The summed E-state index contributed by atoms with van der Waals surface area (Å²) in [6.45, 7) is 4.04. The van der Waals surface area contributed by atoms with Crippen LogP contribution < -0.4 is 16.4 Å². The minimum Gasteiger partial charge on any atom is -0.382 e. The number of anilines is 4. The fraction of sp³-hybridized carbons (Fsp3) is 0.0909. The first kappa shape index (κ1) is 20.2. The Morgan fingerprint density at radius 2 is 1.94 bits per heavy atom. The van der Waals surface area contributed by atoms with Gasteiger partial charge in [0.15, 0.2) is 5.13 Å². The molecule has 5 aromatic rings. The van der Waals surface area contributed by atoms with Crippen LogP contribution in [0.3, 0.4) is 0 Å². The average molecular weight is 462 g/mol. The maximum absolute atomic E-state index is 12.6. The Labute approximate surface area is 191 Å². The second-order valence-electron chi connectivity index (χ2n) is 7.08. The van der Waals surface area contributed by atoms with Crippen molar-refractivity contribution in [3.63, 3.8) is 0 Å². The lowest BCUT2D eigenvalue weighted by Gasteiger charge is -2.05. The van der Waals surface area contributed by atoms with E-state index in [0.29, 0.717) is 10.6 Å². The number of nitrogens with two attached hydrogens (primary N) is 1. The van der Waals surface area contributed by atoms with Crippen molar-refractivity contribution in [3.05, 3.63) is 70.3 Å². The van der Waals surface area contributed by atoms with Crippen molar-refractivity contribution in [1.29, 1.82) is 0 Å². The van der Waals surface area contributed by atoms with Gasteiger partial charge in [-0.2, -0.15) is 0 Å². The molecule has 5 aromatic heterocycles. The quantitative estimate of drug-likeness (QED) is 0.335. The van der Waals surface area contributed by atoms with Crippen molar-refractivity contribution < 1.29 is 4.79 Å². The second-order valence-corrected chi connectivity index (χ2v) is 9.36. The second kappa shape index (κ2) is 8.06. The summed E-state index contributed by atoms with van der Waals surface area (Å²) in [6, 6.07) is 13.0. The van der Waals surface area contributed by atoms with Crippen molar-refractivity contribution in [1.82, 2.24) is 19.4 Å². The van der Waals surface area contributed by atoms with E-state index in [2.05, 4.69) is 25.0 Å². The Kier molecular flexibility index (Phi) is 5.08. The topological polar surface area (TPSA) is 110 Å². The molecule has 0 aliphatic carbocycles. The third-order valence-electron chi connectivity index (χ3n) is 4.87. The number of nitrogen functional groups attached to an aromatic ring is 1. The average Bonchev–Trinajstić information content (AvgIpc) is 3.46. The normalized spacial score (nSPS) is 11.1. The molecule has 0 aliphatic rings. The van der Waals surface area contributed by atoms with Crippen LogP contribution in [0.5, 0.6) is 0 Å². The molecule has 5 rings (SSSR count). The van der Waals surface area contributed by atoms with Crippen molar-refractivity contribution in [3.8, 4) is 11.4 Å². The number of fused-ring (bicyclic) bond motifs is 1. The minimum atomic E-state index is -0.236. The number of rotatable bonds is 5. The molecule has 0 bridgehead atoms. The van der Waals surface area contributed by atoms with Crippen LogP contribution in [0.2, 0.25) is 0 Å². The van der Waals surface area contributed by atoms with E-state index in [9.17, 15) is 4.79 Å². The van der Waals surface area contributed by atoms with E-state index in [-0.39, 0.29) is 11.7 Å². The van der Waals surface area contributed by atoms with Crippen molar-refractivity contribution in [2.24, 2.45) is 0 Å². The number of hydrogen-bond acceptors (Lipinski definition) is 8. The van der Waals surface area contributed by atoms with Gasteiger partial charge in [0.2, 0.25) is 0 Å². The zero-order chi connectivity index (χ0) is 22.2. The van der Waals surface area contributed by atoms with E-state index < -0.39 is 0 Å². The highest BCUT2D eigenvalue weighted by Gasteiger charge is 2.18. The summed E-state index contributed by atoms with van der Waals surface area (Å²) in [5, 5.41) is 7.70. The number of amides is 1. The summed E-state index contributed by atoms with van der Waals surface area (Å²) in [6.07, 6.45) is 3.58. The first-order chi connectivity index (χ1) is 15.5. The van der Waals surface area contributed by atoms with E-state index >= 15 is 0 Å². The number of pyridine rings is 2. The van der Waals surface area contributed by atoms with Crippen LogP contribution in [0.25, 0.3) is 17.0 Å². The standard InChI is InChI=1S/C22H19N7OS2/c1-12-19(29-11-4-3-7-16(29)25-12)18-13(2)31-22(28-18)27-17-9-8-15(32-17)21(30)26-14-6-5-10-24-20(14)23/h3-11H,1-2H3,(H2,23,24)(H,26,30)(H,27,28). The van der Waals surface area contributed by atoms with Gasteiger partial charge in [0.25, 0.3) is 5.91 Å². The fourth-order valence-electron chi connectivity index (χ4n) is 3.41. The van der Waals surface area contributed by atoms with Crippen molar-refractivity contribution >= 4 is 55.9 Å². The van der Waals surface area contributed by atoms with Gasteiger partial charge in [0, 0.05) is 17.3 Å². The molecule has 4 N–H and O–H groups in total. The third kappa shape index (κ3) is 3.70. The molecule has 0 radical (unpaired) electrons. The van der Waals surface area contributed by atoms with Crippen LogP contribution in [0.4, 0.5) is 21.6 Å². The number of aromatic nitrogens is 4. The predicted molar refractivity (Wildman–Crippen MR) is 130 cm³/mol. The molecule has 0 spiro atoms. The highest BCUT2D eigenvalue weighted by molar-refractivity contribution is 7.19. The summed E-state index contributed by atoms with van der Waals surface area (Å²) in [5.74, 6) is 0.0457. The Morgan fingerprint density at radius 1 is 1.06 bits per heavy atom. The van der Waals surface area contributed by atoms with E-state index in [1.165, 1.54) is 11.3 Å². The molecule has 0 saturated carbocycles. The van der Waals surface area contributed by atoms with Crippen LogP contribution in [0, 0.1) is 13.8 Å². The number of imidazole rings is 1. The molecule has 0 aliphatic heterocycles. The number of thiazole rings is 1. The maximum atomic E-state index is 12.6. The fourth-order valence-corrected chi connectivity index (χ4v) is 5.10. The Hall–Kier alpha value is -3.76.